The van der Waals surface area contributed by atoms with Crippen LogP contribution in [0.5, 0.6) is 0 Å². The molecule has 0 aliphatic rings. The van der Waals surface area contributed by atoms with E-state index in [-0.39, 0.29) is 17.1 Å². The molecule has 1 aromatic heterocycles. The Bertz CT molecular complexity index is 1020. The zero-order valence-corrected chi connectivity index (χ0v) is 15.3. The number of nitrogens with zero attached hydrogens (tertiary/aromatic N) is 6. The average molecular weight is 407 g/mol. The molecule has 0 bridgehead atoms. The molecule has 0 radical (unpaired) electrons. The Labute approximate surface area is 161 Å². The smallest absolute Gasteiger partial charge is 0.258 e. The van der Waals surface area contributed by atoms with Crippen LogP contribution in [0.4, 0.5) is 11.4 Å². The summed E-state index contributed by atoms with van der Waals surface area (Å²) >= 11 is 7.09. The van der Waals surface area contributed by atoms with Gasteiger partial charge in [-0.25, -0.2) is 0 Å². The Hall–Kier alpha value is -3.05. The van der Waals surface area contributed by atoms with Gasteiger partial charge < -0.3 is 0 Å². The highest BCUT2D eigenvalue weighted by molar-refractivity contribution is 7.98. The second-order valence-corrected chi connectivity index (χ2v) is 6.78. The SMILES string of the molecule is Cc1c(CSc2nnnn2-c2ccc(Cl)cc2)cc([N+](=O)[O-])cc1[N+](=O)[O-]. The highest BCUT2D eigenvalue weighted by atomic mass is 35.5. The third-order valence-corrected chi connectivity index (χ3v) is 4.97. The van der Waals surface area contributed by atoms with Gasteiger partial charge in [-0.1, -0.05) is 23.4 Å². The second kappa shape index (κ2) is 7.68. The highest BCUT2D eigenvalue weighted by Gasteiger charge is 2.22. The van der Waals surface area contributed by atoms with Crippen molar-refractivity contribution in [1.29, 1.82) is 0 Å². The third kappa shape index (κ3) is 4.04. The topological polar surface area (TPSA) is 130 Å². The molecule has 0 amide bonds. The standard InChI is InChI=1S/C15H11ClN6O4S/c1-9-10(6-13(21(23)24)7-14(9)22(25)26)8-27-15-17-18-19-20(15)12-4-2-11(16)3-5-12/h2-7H,8H2,1H3. The first kappa shape index (κ1) is 18.7. The fourth-order valence-corrected chi connectivity index (χ4v) is 3.41. The number of aromatic nitrogens is 4. The number of non-ortho nitro benzene ring substituents is 1. The molecule has 0 aliphatic heterocycles. The van der Waals surface area contributed by atoms with E-state index in [1.54, 1.807) is 31.2 Å². The fraction of sp³-hybridized carbons (Fsp3) is 0.133. The molecule has 0 unspecified atom stereocenters. The van der Waals surface area contributed by atoms with Gasteiger partial charge in [-0.05, 0) is 47.2 Å². The quantitative estimate of drug-likeness (QED) is 0.343. The van der Waals surface area contributed by atoms with Gasteiger partial charge in [0.1, 0.15) is 0 Å². The van der Waals surface area contributed by atoms with Crippen LogP contribution in [0.2, 0.25) is 5.02 Å². The molecule has 0 fully saturated rings. The lowest BCUT2D eigenvalue weighted by atomic mass is 10.1. The van der Waals surface area contributed by atoms with Crippen molar-refractivity contribution in [3.05, 3.63) is 72.8 Å². The summed E-state index contributed by atoms with van der Waals surface area (Å²) in [6.45, 7) is 1.56. The van der Waals surface area contributed by atoms with E-state index in [1.807, 2.05) is 0 Å². The number of hydrogen-bond acceptors (Lipinski definition) is 8. The minimum atomic E-state index is -0.654. The van der Waals surface area contributed by atoms with E-state index < -0.39 is 9.85 Å². The molecule has 27 heavy (non-hydrogen) atoms. The summed E-state index contributed by atoms with van der Waals surface area (Å²) in [4.78, 5) is 21.0. The van der Waals surface area contributed by atoms with Crippen LogP contribution in [-0.4, -0.2) is 30.1 Å². The summed E-state index contributed by atoms with van der Waals surface area (Å²) in [5.74, 6) is 0.225. The molecule has 3 rings (SSSR count). The van der Waals surface area contributed by atoms with Gasteiger partial charge >= 0.3 is 0 Å². The van der Waals surface area contributed by atoms with Crippen molar-refractivity contribution in [2.75, 3.05) is 0 Å². The number of nitro benzene ring substituents is 2. The lowest BCUT2D eigenvalue weighted by molar-refractivity contribution is -0.394. The van der Waals surface area contributed by atoms with Gasteiger partial charge in [0.05, 0.1) is 21.6 Å². The van der Waals surface area contributed by atoms with Crippen LogP contribution in [0.1, 0.15) is 11.1 Å². The fourth-order valence-electron chi connectivity index (χ4n) is 2.34. The maximum Gasteiger partial charge on any atom is 0.279 e. The van der Waals surface area contributed by atoms with Gasteiger partial charge in [-0.3, -0.25) is 20.2 Å². The predicted molar refractivity (Wildman–Crippen MR) is 98.2 cm³/mol. The molecule has 3 aromatic rings. The van der Waals surface area contributed by atoms with E-state index in [9.17, 15) is 20.2 Å². The van der Waals surface area contributed by atoms with Crippen LogP contribution in [0, 0.1) is 27.2 Å². The number of benzene rings is 2. The van der Waals surface area contributed by atoms with Crippen molar-refractivity contribution in [3.63, 3.8) is 0 Å². The Morgan fingerprint density at radius 1 is 1.15 bits per heavy atom. The van der Waals surface area contributed by atoms with E-state index in [2.05, 4.69) is 15.5 Å². The third-order valence-electron chi connectivity index (χ3n) is 3.75. The minimum absolute atomic E-state index is 0.225. The minimum Gasteiger partial charge on any atom is -0.258 e. The summed E-state index contributed by atoms with van der Waals surface area (Å²) in [5, 5.41) is 34.7. The molecule has 0 spiro atoms. The van der Waals surface area contributed by atoms with Crippen LogP contribution in [0.3, 0.4) is 0 Å². The summed E-state index contributed by atoms with van der Waals surface area (Å²) < 4.78 is 1.49. The molecule has 0 saturated heterocycles. The average Bonchev–Trinajstić information content (AvgIpc) is 3.09. The number of tetrazole rings is 1. The molecular weight excluding hydrogens is 396 g/mol. The zero-order chi connectivity index (χ0) is 19.6. The Morgan fingerprint density at radius 2 is 1.85 bits per heavy atom. The van der Waals surface area contributed by atoms with Crippen LogP contribution in [-0.2, 0) is 5.75 Å². The van der Waals surface area contributed by atoms with Gasteiger partial charge in [-0.2, -0.15) is 4.68 Å². The van der Waals surface area contributed by atoms with Crippen molar-refractivity contribution in [3.8, 4) is 5.69 Å². The van der Waals surface area contributed by atoms with E-state index in [1.165, 1.54) is 22.5 Å². The van der Waals surface area contributed by atoms with Gasteiger partial charge in [0.25, 0.3) is 11.4 Å². The number of thioether (sulfide) groups is 1. The van der Waals surface area contributed by atoms with Crippen LogP contribution < -0.4 is 0 Å². The molecule has 0 atom stereocenters. The van der Waals surface area contributed by atoms with E-state index >= 15 is 0 Å². The molecule has 0 saturated carbocycles. The maximum atomic E-state index is 11.2. The van der Waals surface area contributed by atoms with Crippen molar-refractivity contribution in [2.24, 2.45) is 0 Å². The van der Waals surface area contributed by atoms with E-state index in [0.717, 1.165) is 6.07 Å². The summed E-state index contributed by atoms with van der Waals surface area (Å²) in [6, 6.07) is 9.16. The summed E-state index contributed by atoms with van der Waals surface area (Å²) in [5.41, 5.74) is 0.890. The van der Waals surface area contributed by atoms with Crippen molar-refractivity contribution >= 4 is 34.7 Å². The first-order chi connectivity index (χ1) is 12.9. The molecular formula is C15H11ClN6O4S. The highest BCUT2D eigenvalue weighted by Crippen LogP contribution is 2.32. The first-order valence-corrected chi connectivity index (χ1v) is 8.82. The maximum absolute atomic E-state index is 11.2. The predicted octanol–water partition coefficient (Wildman–Crippen LogP) is 3.73. The van der Waals surface area contributed by atoms with Gasteiger partial charge in [0, 0.05) is 22.4 Å². The van der Waals surface area contributed by atoms with Crippen LogP contribution in [0.15, 0.2) is 41.6 Å². The number of nitro groups is 2. The van der Waals surface area contributed by atoms with E-state index in [0.29, 0.717) is 27.0 Å². The Morgan fingerprint density at radius 3 is 2.48 bits per heavy atom. The van der Waals surface area contributed by atoms with Crippen molar-refractivity contribution < 1.29 is 9.85 Å². The molecule has 0 aliphatic carbocycles. The largest absolute Gasteiger partial charge is 0.279 e. The number of rotatable bonds is 6. The number of halogens is 1. The van der Waals surface area contributed by atoms with Gasteiger partial charge in [0.15, 0.2) is 0 Å². The summed E-state index contributed by atoms with van der Waals surface area (Å²) in [6.07, 6.45) is 0. The van der Waals surface area contributed by atoms with E-state index in [4.69, 9.17) is 11.6 Å². The number of hydrogen-bond donors (Lipinski definition) is 0. The molecule has 138 valence electrons. The molecule has 12 heteroatoms. The van der Waals surface area contributed by atoms with Crippen LogP contribution >= 0.6 is 23.4 Å². The van der Waals surface area contributed by atoms with Crippen molar-refractivity contribution in [1.82, 2.24) is 20.2 Å². The van der Waals surface area contributed by atoms with Gasteiger partial charge in [0.2, 0.25) is 5.16 Å². The normalized spacial score (nSPS) is 10.7. The summed E-state index contributed by atoms with van der Waals surface area (Å²) in [7, 11) is 0. The molecule has 1 heterocycles. The van der Waals surface area contributed by atoms with Gasteiger partial charge in [-0.15, -0.1) is 5.10 Å². The Kier molecular flexibility index (Phi) is 5.33. The first-order valence-electron chi connectivity index (χ1n) is 7.46. The van der Waals surface area contributed by atoms with Crippen molar-refractivity contribution in [2.45, 2.75) is 17.8 Å². The molecule has 10 nitrogen and oxygen atoms in total. The molecule has 0 N–H and O–H groups in total. The van der Waals surface area contributed by atoms with Crippen LogP contribution in [0.25, 0.3) is 5.69 Å². The molecule has 2 aromatic carbocycles. The lowest BCUT2D eigenvalue weighted by Crippen LogP contribution is -2.01. The lowest BCUT2D eigenvalue weighted by Gasteiger charge is -2.07. The zero-order valence-electron chi connectivity index (χ0n) is 13.8. The monoisotopic (exact) mass is 406 g/mol. The Balaban J connectivity index is 1.90. The second-order valence-electron chi connectivity index (χ2n) is 5.40.